The van der Waals surface area contributed by atoms with Crippen LogP contribution in [-0.2, 0) is 9.53 Å². The highest BCUT2D eigenvalue weighted by Gasteiger charge is 2.39. The lowest BCUT2D eigenvalue weighted by molar-refractivity contribution is -0.138. The van der Waals surface area contributed by atoms with Gasteiger partial charge in [-0.25, -0.2) is 0 Å². The second-order valence-electron chi connectivity index (χ2n) is 6.29. The van der Waals surface area contributed by atoms with Gasteiger partial charge in [-0.05, 0) is 31.5 Å². The topological polar surface area (TPSA) is 97.8 Å². The predicted octanol–water partition coefficient (Wildman–Crippen LogP) is 1.92. The van der Waals surface area contributed by atoms with Gasteiger partial charge in [-0.2, -0.15) is 0 Å². The van der Waals surface area contributed by atoms with E-state index in [0.29, 0.717) is 30.0 Å². The summed E-state index contributed by atoms with van der Waals surface area (Å²) >= 11 is 0. The first-order valence-electron chi connectivity index (χ1n) is 8.00. The Morgan fingerprint density at radius 2 is 2.20 bits per heavy atom. The molecule has 2 aromatic rings. The zero-order valence-corrected chi connectivity index (χ0v) is 14.2. The highest BCUT2D eigenvalue weighted by molar-refractivity contribution is 5.99. The molecule has 25 heavy (non-hydrogen) atoms. The van der Waals surface area contributed by atoms with Crippen molar-refractivity contribution < 1.29 is 24.2 Å². The maximum Gasteiger partial charge on any atom is 0.305 e. The second kappa shape index (κ2) is 6.68. The molecule has 2 heterocycles. The maximum atomic E-state index is 12.8. The number of hydrogen-bond acceptors (Lipinski definition) is 5. The number of carboxylic acids is 1. The molecule has 1 aromatic carbocycles. The molecule has 1 atom stereocenters. The fraction of sp³-hybridized carbons (Fsp3) is 0.389. The van der Waals surface area contributed by atoms with Crippen molar-refractivity contribution >= 4 is 22.8 Å². The van der Waals surface area contributed by atoms with Crippen LogP contribution in [0.3, 0.4) is 0 Å². The molecular weight excluding hydrogens is 324 g/mol. The third-order valence-corrected chi connectivity index (χ3v) is 4.43. The molecule has 0 aliphatic carbocycles. The number of carbonyl (C=O) groups excluding carboxylic acids is 1. The summed E-state index contributed by atoms with van der Waals surface area (Å²) in [5, 5.41) is 12.8. The first-order valence-corrected chi connectivity index (χ1v) is 8.00. The third-order valence-electron chi connectivity index (χ3n) is 4.43. The van der Waals surface area contributed by atoms with Crippen LogP contribution in [0.15, 0.2) is 24.3 Å². The molecule has 1 amide bonds. The standard InChI is InChI=1S/C18H20N2O5/c1-11-14(7-12-3-4-13(24-2)8-15(12)19-11)17(23)20-18(9-16(21)22)5-6-25-10-18/h3-4,7-8H,5-6,9-10H2,1-2H3,(H,20,23)(H,21,22). The lowest BCUT2D eigenvalue weighted by Gasteiger charge is -2.27. The molecule has 2 N–H and O–H groups in total. The Hall–Kier alpha value is -2.67. The normalized spacial score (nSPS) is 19.8. The molecule has 7 nitrogen and oxygen atoms in total. The lowest BCUT2D eigenvalue weighted by atomic mass is 9.93. The Bertz CT molecular complexity index is 828. The van der Waals surface area contributed by atoms with Gasteiger partial charge in [0.1, 0.15) is 5.75 Å². The Labute approximate surface area is 145 Å². The number of ether oxygens (including phenoxy) is 2. The SMILES string of the molecule is COc1ccc2cc(C(=O)NC3(CC(=O)O)CCOC3)c(C)nc2c1. The number of aromatic nitrogens is 1. The zero-order chi connectivity index (χ0) is 18.0. The smallest absolute Gasteiger partial charge is 0.305 e. The molecule has 0 radical (unpaired) electrons. The number of nitrogens with zero attached hydrogens (tertiary/aromatic N) is 1. The van der Waals surface area contributed by atoms with Gasteiger partial charge in [0.25, 0.3) is 5.91 Å². The fourth-order valence-corrected chi connectivity index (χ4v) is 3.09. The number of methoxy groups -OCH3 is 1. The summed E-state index contributed by atoms with van der Waals surface area (Å²) in [7, 11) is 1.58. The van der Waals surface area contributed by atoms with E-state index in [4.69, 9.17) is 14.6 Å². The summed E-state index contributed by atoms with van der Waals surface area (Å²) in [5.74, 6) is -0.610. The maximum absolute atomic E-state index is 12.8. The highest BCUT2D eigenvalue weighted by atomic mass is 16.5. The van der Waals surface area contributed by atoms with Gasteiger partial charge in [-0.3, -0.25) is 14.6 Å². The third kappa shape index (κ3) is 3.56. The van der Waals surface area contributed by atoms with Crippen molar-refractivity contribution in [3.63, 3.8) is 0 Å². The number of benzene rings is 1. The number of hydrogen-bond donors (Lipinski definition) is 2. The van der Waals surface area contributed by atoms with Gasteiger partial charge in [0.05, 0.1) is 42.5 Å². The Morgan fingerprint density at radius 3 is 2.84 bits per heavy atom. The van der Waals surface area contributed by atoms with Gasteiger partial charge < -0.3 is 19.9 Å². The molecule has 0 saturated carbocycles. The first kappa shape index (κ1) is 17.2. The minimum absolute atomic E-state index is 0.171. The van der Waals surface area contributed by atoms with E-state index in [1.807, 2.05) is 6.07 Å². The molecule has 0 bridgehead atoms. The van der Waals surface area contributed by atoms with Crippen LogP contribution in [0.4, 0.5) is 0 Å². The quantitative estimate of drug-likeness (QED) is 0.860. The highest BCUT2D eigenvalue weighted by Crippen LogP contribution is 2.25. The summed E-state index contributed by atoms with van der Waals surface area (Å²) in [6, 6.07) is 7.21. The van der Waals surface area contributed by atoms with Gasteiger partial charge in [0.15, 0.2) is 0 Å². The number of nitrogens with one attached hydrogen (secondary N) is 1. The molecule has 7 heteroatoms. The van der Waals surface area contributed by atoms with E-state index in [0.717, 1.165) is 10.9 Å². The summed E-state index contributed by atoms with van der Waals surface area (Å²) < 4.78 is 10.5. The zero-order valence-electron chi connectivity index (χ0n) is 14.2. The number of aliphatic carboxylic acids is 1. The number of aryl methyl sites for hydroxylation is 1. The van der Waals surface area contributed by atoms with Crippen molar-refractivity contribution in [1.29, 1.82) is 0 Å². The molecule has 1 aromatic heterocycles. The molecule has 1 fully saturated rings. The van der Waals surface area contributed by atoms with Crippen LogP contribution in [0.1, 0.15) is 28.9 Å². The van der Waals surface area contributed by atoms with Gasteiger partial charge in [-0.1, -0.05) is 0 Å². The number of carbonyl (C=O) groups is 2. The van der Waals surface area contributed by atoms with Gasteiger partial charge >= 0.3 is 5.97 Å². The van der Waals surface area contributed by atoms with E-state index in [1.165, 1.54) is 0 Å². The fourth-order valence-electron chi connectivity index (χ4n) is 3.09. The average Bonchev–Trinajstić information content (AvgIpc) is 3.00. The van der Waals surface area contributed by atoms with E-state index >= 15 is 0 Å². The Kier molecular flexibility index (Phi) is 4.59. The van der Waals surface area contributed by atoms with Gasteiger partial charge in [0, 0.05) is 18.1 Å². The molecular formula is C18H20N2O5. The van der Waals surface area contributed by atoms with E-state index in [1.54, 1.807) is 32.2 Å². The number of fused-ring (bicyclic) bond motifs is 1. The van der Waals surface area contributed by atoms with Gasteiger partial charge in [-0.15, -0.1) is 0 Å². The van der Waals surface area contributed by atoms with Crippen molar-refractivity contribution in [2.45, 2.75) is 25.3 Å². The first-order chi connectivity index (χ1) is 11.9. The van der Waals surface area contributed by atoms with Crippen LogP contribution in [0.2, 0.25) is 0 Å². The second-order valence-corrected chi connectivity index (χ2v) is 6.29. The molecule has 1 aliphatic heterocycles. The molecule has 132 valence electrons. The average molecular weight is 344 g/mol. The van der Waals surface area contributed by atoms with Crippen LogP contribution in [0, 0.1) is 6.92 Å². The molecule has 1 saturated heterocycles. The van der Waals surface area contributed by atoms with Gasteiger partial charge in [0.2, 0.25) is 0 Å². The number of pyridine rings is 1. The minimum Gasteiger partial charge on any atom is -0.497 e. The van der Waals surface area contributed by atoms with E-state index in [2.05, 4.69) is 10.3 Å². The summed E-state index contributed by atoms with van der Waals surface area (Å²) in [5.41, 5.74) is 0.861. The minimum atomic E-state index is -0.966. The number of carboxylic acid groups (broad SMARTS) is 1. The Balaban J connectivity index is 1.91. The van der Waals surface area contributed by atoms with Crippen LogP contribution >= 0.6 is 0 Å². The van der Waals surface area contributed by atoms with Crippen LogP contribution in [0.5, 0.6) is 5.75 Å². The molecule has 0 spiro atoms. The molecule has 3 rings (SSSR count). The molecule has 1 unspecified atom stereocenters. The number of rotatable bonds is 5. The van der Waals surface area contributed by atoms with Crippen LogP contribution in [0.25, 0.3) is 10.9 Å². The van der Waals surface area contributed by atoms with Crippen molar-refractivity contribution in [3.05, 3.63) is 35.5 Å². The van der Waals surface area contributed by atoms with Crippen molar-refractivity contribution in [3.8, 4) is 5.75 Å². The largest absolute Gasteiger partial charge is 0.497 e. The van der Waals surface area contributed by atoms with Crippen molar-refractivity contribution in [1.82, 2.24) is 10.3 Å². The Morgan fingerprint density at radius 1 is 1.40 bits per heavy atom. The lowest BCUT2D eigenvalue weighted by Crippen LogP contribution is -2.50. The number of amides is 1. The van der Waals surface area contributed by atoms with Crippen LogP contribution in [-0.4, -0.2) is 47.8 Å². The van der Waals surface area contributed by atoms with Crippen molar-refractivity contribution in [2.24, 2.45) is 0 Å². The van der Waals surface area contributed by atoms with E-state index in [-0.39, 0.29) is 18.9 Å². The van der Waals surface area contributed by atoms with E-state index < -0.39 is 11.5 Å². The predicted molar refractivity (Wildman–Crippen MR) is 90.9 cm³/mol. The molecule has 1 aliphatic rings. The van der Waals surface area contributed by atoms with Crippen molar-refractivity contribution in [2.75, 3.05) is 20.3 Å². The summed E-state index contributed by atoms with van der Waals surface area (Å²) in [6.07, 6.45) is 0.304. The van der Waals surface area contributed by atoms with Crippen LogP contribution < -0.4 is 10.1 Å². The summed E-state index contributed by atoms with van der Waals surface area (Å²) in [6.45, 7) is 2.38. The monoisotopic (exact) mass is 344 g/mol. The van der Waals surface area contributed by atoms with E-state index in [9.17, 15) is 9.59 Å². The summed E-state index contributed by atoms with van der Waals surface area (Å²) in [4.78, 5) is 28.4.